The molecule has 2 N–H and O–H groups in total. The van der Waals surface area contributed by atoms with Gasteiger partial charge in [0, 0.05) is 12.1 Å². The van der Waals surface area contributed by atoms with E-state index in [2.05, 4.69) is 19.1 Å². The topological polar surface area (TPSA) is 44.5 Å². The summed E-state index contributed by atoms with van der Waals surface area (Å²) in [5.41, 5.74) is 8.17. The Morgan fingerprint density at radius 3 is 2.38 bits per heavy atom. The Labute approximate surface area is 126 Å². The third kappa shape index (κ3) is 3.99. The molecular weight excluding hydrogens is 262 g/mol. The summed E-state index contributed by atoms with van der Waals surface area (Å²) in [5, 5.41) is 0. The van der Waals surface area contributed by atoms with E-state index in [0.29, 0.717) is 6.54 Å². The maximum absolute atomic E-state index is 6.02. The number of nitrogens with two attached hydrogens (primary N) is 1. The molecule has 1 unspecified atom stereocenters. The van der Waals surface area contributed by atoms with Crippen molar-refractivity contribution in [2.75, 3.05) is 13.7 Å². The van der Waals surface area contributed by atoms with Crippen molar-refractivity contribution in [3.05, 3.63) is 59.7 Å². The van der Waals surface area contributed by atoms with Crippen LogP contribution in [0.4, 0.5) is 0 Å². The summed E-state index contributed by atoms with van der Waals surface area (Å²) in [7, 11) is 1.66. The minimum Gasteiger partial charge on any atom is -0.496 e. The highest BCUT2D eigenvalue weighted by molar-refractivity contribution is 5.36. The van der Waals surface area contributed by atoms with Crippen LogP contribution in [0.2, 0.25) is 0 Å². The van der Waals surface area contributed by atoms with Crippen LogP contribution in [0.1, 0.15) is 30.6 Å². The number of ether oxygens (including phenoxy) is 2. The lowest BCUT2D eigenvalue weighted by Crippen LogP contribution is -2.19. The summed E-state index contributed by atoms with van der Waals surface area (Å²) in [6.45, 7) is 2.58. The molecule has 0 bridgehead atoms. The first kappa shape index (κ1) is 15.4. The number of para-hydroxylation sites is 1. The maximum Gasteiger partial charge on any atom is 0.139 e. The van der Waals surface area contributed by atoms with Gasteiger partial charge in [0.25, 0.3) is 0 Å². The minimum absolute atomic E-state index is 0.210. The largest absolute Gasteiger partial charge is 0.496 e. The predicted octanol–water partition coefficient (Wildman–Crippen LogP) is 3.73. The number of aryl methyl sites for hydroxylation is 1. The predicted molar refractivity (Wildman–Crippen MR) is 85.9 cm³/mol. The monoisotopic (exact) mass is 285 g/mol. The lowest BCUT2D eigenvalue weighted by Gasteiger charge is -2.20. The van der Waals surface area contributed by atoms with Gasteiger partial charge in [-0.3, -0.25) is 0 Å². The van der Waals surface area contributed by atoms with Crippen LogP contribution in [0.5, 0.6) is 11.5 Å². The van der Waals surface area contributed by atoms with Gasteiger partial charge in [0.1, 0.15) is 17.6 Å². The highest BCUT2D eigenvalue weighted by atomic mass is 16.5. The van der Waals surface area contributed by atoms with E-state index in [1.165, 1.54) is 5.56 Å². The van der Waals surface area contributed by atoms with Crippen molar-refractivity contribution in [1.82, 2.24) is 0 Å². The minimum atomic E-state index is -0.210. The van der Waals surface area contributed by atoms with Crippen LogP contribution in [-0.2, 0) is 6.42 Å². The van der Waals surface area contributed by atoms with Gasteiger partial charge in [0.2, 0.25) is 0 Å². The Morgan fingerprint density at radius 1 is 1.05 bits per heavy atom. The highest BCUT2D eigenvalue weighted by Crippen LogP contribution is 2.28. The number of rotatable bonds is 7. The summed E-state index contributed by atoms with van der Waals surface area (Å²) < 4.78 is 11.4. The van der Waals surface area contributed by atoms with Crippen molar-refractivity contribution in [1.29, 1.82) is 0 Å². The molecular formula is C18H23NO2. The molecule has 0 aliphatic rings. The van der Waals surface area contributed by atoms with Crippen molar-refractivity contribution in [3.63, 3.8) is 0 Å². The first-order chi connectivity index (χ1) is 10.3. The fourth-order valence-corrected chi connectivity index (χ4v) is 2.36. The van der Waals surface area contributed by atoms with Crippen LogP contribution >= 0.6 is 0 Å². The smallest absolute Gasteiger partial charge is 0.139 e. The number of benzene rings is 2. The Balaban J connectivity index is 2.15. The quantitative estimate of drug-likeness (QED) is 0.843. The van der Waals surface area contributed by atoms with Gasteiger partial charge in [-0.15, -0.1) is 0 Å². The third-order valence-electron chi connectivity index (χ3n) is 3.44. The molecule has 0 saturated carbocycles. The van der Waals surface area contributed by atoms with Crippen LogP contribution < -0.4 is 15.2 Å². The first-order valence-electron chi connectivity index (χ1n) is 7.37. The number of methoxy groups -OCH3 is 1. The second kappa shape index (κ2) is 7.70. The standard InChI is InChI=1S/C18H23NO2/c1-3-6-14-9-11-15(12-10-14)21-18(13-19)16-7-4-5-8-17(16)20-2/h4-5,7-12,18H,3,6,13,19H2,1-2H3. The fraction of sp³-hybridized carbons (Fsp3) is 0.333. The van der Waals surface area contributed by atoms with Crippen molar-refractivity contribution < 1.29 is 9.47 Å². The number of hydrogen-bond donors (Lipinski definition) is 1. The van der Waals surface area contributed by atoms with Crippen LogP contribution in [0.3, 0.4) is 0 Å². The zero-order chi connectivity index (χ0) is 15.1. The zero-order valence-corrected chi connectivity index (χ0v) is 12.7. The highest BCUT2D eigenvalue weighted by Gasteiger charge is 2.16. The van der Waals surface area contributed by atoms with E-state index in [-0.39, 0.29) is 6.10 Å². The van der Waals surface area contributed by atoms with E-state index in [1.807, 2.05) is 36.4 Å². The average Bonchev–Trinajstić information content (AvgIpc) is 2.54. The lowest BCUT2D eigenvalue weighted by molar-refractivity contribution is 0.209. The molecule has 2 aromatic carbocycles. The normalized spacial score (nSPS) is 12.0. The molecule has 21 heavy (non-hydrogen) atoms. The molecule has 112 valence electrons. The Bertz CT molecular complexity index is 551. The van der Waals surface area contributed by atoms with Gasteiger partial charge in [-0.2, -0.15) is 0 Å². The Morgan fingerprint density at radius 2 is 1.76 bits per heavy atom. The summed E-state index contributed by atoms with van der Waals surface area (Å²) in [4.78, 5) is 0. The third-order valence-corrected chi connectivity index (χ3v) is 3.44. The van der Waals surface area contributed by atoms with Crippen molar-refractivity contribution in [2.45, 2.75) is 25.9 Å². The summed E-state index contributed by atoms with van der Waals surface area (Å²) >= 11 is 0. The van der Waals surface area contributed by atoms with E-state index >= 15 is 0 Å². The number of hydrogen-bond acceptors (Lipinski definition) is 3. The van der Waals surface area contributed by atoms with Gasteiger partial charge in [0.05, 0.1) is 7.11 Å². The molecule has 1 atom stereocenters. The van der Waals surface area contributed by atoms with Gasteiger partial charge in [-0.05, 0) is 30.2 Å². The molecule has 0 fully saturated rings. The van der Waals surface area contributed by atoms with Crippen LogP contribution in [0, 0.1) is 0 Å². The molecule has 3 nitrogen and oxygen atoms in total. The molecule has 2 rings (SSSR count). The Hall–Kier alpha value is -2.00. The van der Waals surface area contributed by atoms with Crippen molar-refractivity contribution in [3.8, 4) is 11.5 Å². The zero-order valence-electron chi connectivity index (χ0n) is 12.7. The molecule has 0 amide bonds. The van der Waals surface area contributed by atoms with Crippen LogP contribution in [-0.4, -0.2) is 13.7 Å². The van der Waals surface area contributed by atoms with Gasteiger partial charge in [-0.1, -0.05) is 43.7 Å². The SMILES string of the molecule is CCCc1ccc(OC(CN)c2ccccc2OC)cc1. The average molecular weight is 285 g/mol. The van der Waals surface area contributed by atoms with Crippen LogP contribution in [0.15, 0.2) is 48.5 Å². The summed E-state index contributed by atoms with van der Waals surface area (Å²) in [5.74, 6) is 1.63. The molecule has 2 aromatic rings. The first-order valence-corrected chi connectivity index (χ1v) is 7.37. The van der Waals surface area contributed by atoms with Gasteiger partial charge in [0.15, 0.2) is 0 Å². The van der Waals surface area contributed by atoms with E-state index in [0.717, 1.165) is 29.9 Å². The van der Waals surface area contributed by atoms with Crippen molar-refractivity contribution in [2.24, 2.45) is 5.73 Å². The molecule has 0 spiro atoms. The fourth-order valence-electron chi connectivity index (χ4n) is 2.36. The molecule has 0 saturated heterocycles. The summed E-state index contributed by atoms with van der Waals surface area (Å²) in [6, 6.07) is 16.0. The van der Waals surface area contributed by atoms with Crippen molar-refractivity contribution >= 4 is 0 Å². The maximum atomic E-state index is 6.02. The second-order valence-electron chi connectivity index (χ2n) is 4.98. The van der Waals surface area contributed by atoms with Crippen LogP contribution in [0.25, 0.3) is 0 Å². The molecule has 0 heterocycles. The van der Waals surface area contributed by atoms with Gasteiger partial charge in [-0.25, -0.2) is 0 Å². The molecule has 0 aliphatic carbocycles. The molecule has 3 heteroatoms. The van der Waals surface area contributed by atoms with E-state index in [4.69, 9.17) is 15.2 Å². The molecule has 0 radical (unpaired) electrons. The van der Waals surface area contributed by atoms with E-state index in [9.17, 15) is 0 Å². The van der Waals surface area contributed by atoms with Gasteiger partial charge >= 0.3 is 0 Å². The van der Waals surface area contributed by atoms with E-state index in [1.54, 1.807) is 7.11 Å². The Kier molecular flexibility index (Phi) is 5.64. The second-order valence-corrected chi connectivity index (χ2v) is 4.98. The molecule has 0 aliphatic heterocycles. The van der Waals surface area contributed by atoms with Gasteiger partial charge < -0.3 is 15.2 Å². The lowest BCUT2D eigenvalue weighted by atomic mass is 10.1. The molecule has 0 aromatic heterocycles. The summed E-state index contributed by atoms with van der Waals surface area (Å²) in [6.07, 6.45) is 2.03. The van der Waals surface area contributed by atoms with E-state index < -0.39 is 0 Å².